The van der Waals surface area contributed by atoms with Crippen molar-refractivity contribution in [3.05, 3.63) is 118 Å². The zero-order valence-corrected chi connectivity index (χ0v) is 18.9. The van der Waals surface area contributed by atoms with Gasteiger partial charge in [0.1, 0.15) is 23.1 Å². The average molecular weight is 497 g/mol. The second kappa shape index (κ2) is 8.45. The summed E-state index contributed by atoms with van der Waals surface area (Å²) in [4.78, 5) is 12.5. The highest BCUT2D eigenvalue weighted by atomic mass is 79.9. The number of hydrogen-bond acceptors (Lipinski definition) is 5. The number of nitriles is 1. The number of nitrogens with two attached hydrogens (primary N) is 1. The van der Waals surface area contributed by atoms with Crippen LogP contribution in [-0.2, 0) is 0 Å². The lowest BCUT2D eigenvalue weighted by Crippen LogP contribution is -2.21. The summed E-state index contributed by atoms with van der Waals surface area (Å²) in [6.45, 7) is 0. The van der Waals surface area contributed by atoms with Crippen molar-refractivity contribution in [2.75, 3.05) is 0 Å². The molecule has 33 heavy (non-hydrogen) atoms. The Kier molecular flexibility index (Phi) is 5.33. The highest BCUT2D eigenvalue weighted by Gasteiger charge is 2.32. The van der Waals surface area contributed by atoms with Gasteiger partial charge in [0.2, 0.25) is 5.88 Å². The number of hydrogen-bond donors (Lipinski definition) is 1. The highest BCUT2D eigenvalue weighted by molar-refractivity contribution is 9.10. The van der Waals surface area contributed by atoms with Crippen molar-refractivity contribution in [2.45, 2.75) is 5.92 Å². The maximum atomic E-state index is 12.5. The first-order chi connectivity index (χ1) is 16.0. The number of carbonyl (C=O) groups excluding carboxylic acids is 1. The summed E-state index contributed by atoms with van der Waals surface area (Å²) in [6, 6.07) is 28.3. The van der Waals surface area contributed by atoms with Crippen LogP contribution in [0.5, 0.6) is 11.5 Å². The number of allylic oxidation sites excluding steroid dienone is 1. The van der Waals surface area contributed by atoms with Crippen molar-refractivity contribution in [1.82, 2.24) is 0 Å². The van der Waals surface area contributed by atoms with Gasteiger partial charge in [0.25, 0.3) is 0 Å². The number of rotatable bonds is 3. The van der Waals surface area contributed by atoms with Gasteiger partial charge in [0.05, 0.1) is 11.5 Å². The molecule has 1 heterocycles. The largest absolute Gasteiger partial charge is 0.440 e. The van der Waals surface area contributed by atoms with E-state index in [2.05, 4.69) is 22.0 Å². The van der Waals surface area contributed by atoms with Crippen LogP contribution in [0.2, 0.25) is 0 Å². The molecule has 0 saturated heterocycles. The first-order valence-electron chi connectivity index (χ1n) is 10.2. The molecule has 2 N–H and O–H groups in total. The molecular formula is C27H17BrN2O3. The van der Waals surface area contributed by atoms with E-state index in [1.807, 2.05) is 48.5 Å². The summed E-state index contributed by atoms with van der Waals surface area (Å²) in [5.41, 5.74) is 8.66. The molecule has 0 fully saturated rings. The van der Waals surface area contributed by atoms with Crippen molar-refractivity contribution in [2.24, 2.45) is 5.73 Å². The Labute approximate surface area is 198 Å². The van der Waals surface area contributed by atoms with Gasteiger partial charge in [-0.1, -0.05) is 64.5 Å². The highest BCUT2D eigenvalue weighted by Crippen LogP contribution is 2.45. The second-order valence-corrected chi connectivity index (χ2v) is 8.50. The fourth-order valence-corrected chi connectivity index (χ4v) is 4.34. The quantitative estimate of drug-likeness (QED) is 0.276. The summed E-state index contributed by atoms with van der Waals surface area (Å²) in [5, 5.41) is 12.0. The summed E-state index contributed by atoms with van der Waals surface area (Å²) in [6.07, 6.45) is 0. The predicted molar refractivity (Wildman–Crippen MR) is 129 cm³/mol. The predicted octanol–water partition coefficient (Wildman–Crippen LogP) is 6.04. The molecule has 6 heteroatoms. The van der Waals surface area contributed by atoms with Crippen LogP contribution >= 0.6 is 15.9 Å². The molecule has 1 atom stereocenters. The lowest BCUT2D eigenvalue weighted by molar-refractivity contribution is 0.0734. The van der Waals surface area contributed by atoms with E-state index in [4.69, 9.17) is 15.2 Å². The van der Waals surface area contributed by atoms with Crippen LogP contribution in [0.25, 0.3) is 10.8 Å². The molecule has 0 amide bonds. The summed E-state index contributed by atoms with van der Waals surface area (Å²) < 4.78 is 12.2. The van der Waals surface area contributed by atoms with E-state index in [9.17, 15) is 10.1 Å². The number of nitrogens with zero attached hydrogens (tertiary/aromatic N) is 1. The van der Waals surface area contributed by atoms with E-state index < -0.39 is 11.9 Å². The monoisotopic (exact) mass is 496 g/mol. The molecule has 0 aromatic heterocycles. The molecule has 1 unspecified atom stereocenters. The maximum Gasteiger partial charge on any atom is 0.343 e. The molecular weight excluding hydrogens is 480 g/mol. The first kappa shape index (κ1) is 20.8. The molecule has 1 aliphatic rings. The van der Waals surface area contributed by atoms with Crippen LogP contribution in [0.3, 0.4) is 0 Å². The lowest BCUT2D eigenvalue weighted by Gasteiger charge is -2.27. The minimum absolute atomic E-state index is 0.0410. The number of halogens is 1. The lowest BCUT2D eigenvalue weighted by atomic mass is 9.81. The van der Waals surface area contributed by atoms with E-state index >= 15 is 0 Å². The van der Waals surface area contributed by atoms with Crippen LogP contribution in [0.4, 0.5) is 0 Å². The van der Waals surface area contributed by atoms with E-state index in [0.29, 0.717) is 22.6 Å². The van der Waals surface area contributed by atoms with Gasteiger partial charge in [-0.15, -0.1) is 0 Å². The minimum Gasteiger partial charge on any atom is -0.440 e. The van der Waals surface area contributed by atoms with Gasteiger partial charge >= 0.3 is 5.97 Å². The SMILES string of the molecule is N#CC1=C(N)Oc2cc(OC(=O)c3ccc(Br)cc3)ccc2C1c1cccc2ccccc12. The summed E-state index contributed by atoms with van der Waals surface area (Å²) in [7, 11) is 0. The fraction of sp³-hybridized carbons (Fsp3) is 0.0370. The summed E-state index contributed by atoms with van der Waals surface area (Å²) in [5.74, 6) is -0.0671. The molecule has 5 nitrogen and oxygen atoms in total. The molecule has 0 saturated carbocycles. The molecule has 5 rings (SSSR count). The smallest absolute Gasteiger partial charge is 0.343 e. The average Bonchev–Trinajstić information content (AvgIpc) is 2.83. The van der Waals surface area contributed by atoms with Gasteiger partial charge < -0.3 is 15.2 Å². The van der Waals surface area contributed by atoms with Crippen molar-refractivity contribution in [3.63, 3.8) is 0 Å². The molecule has 0 radical (unpaired) electrons. The number of fused-ring (bicyclic) bond motifs is 2. The molecule has 0 bridgehead atoms. The first-order valence-corrected chi connectivity index (χ1v) is 11.0. The molecule has 0 spiro atoms. The molecule has 4 aromatic carbocycles. The molecule has 1 aliphatic heterocycles. The van der Waals surface area contributed by atoms with Crippen LogP contribution in [0, 0.1) is 11.3 Å². The van der Waals surface area contributed by atoms with Crippen LogP contribution in [-0.4, -0.2) is 5.97 Å². The topological polar surface area (TPSA) is 85.3 Å². The zero-order chi connectivity index (χ0) is 22.9. The number of esters is 1. The van der Waals surface area contributed by atoms with E-state index in [0.717, 1.165) is 26.4 Å². The van der Waals surface area contributed by atoms with Crippen LogP contribution in [0.15, 0.2) is 101 Å². The Hall–Kier alpha value is -4.08. The third kappa shape index (κ3) is 3.84. The van der Waals surface area contributed by atoms with Gasteiger partial charge in [-0.2, -0.15) is 5.26 Å². The fourth-order valence-electron chi connectivity index (χ4n) is 4.07. The molecule has 0 aliphatic carbocycles. The van der Waals surface area contributed by atoms with E-state index in [-0.39, 0.29) is 5.88 Å². The Morgan fingerprint density at radius 2 is 1.73 bits per heavy atom. The number of benzene rings is 4. The Morgan fingerprint density at radius 1 is 0.970 bits per heavy atom. The van der Waals surface area contributed by atoms with Crippen LogP contribution in [0.1, 0.15) is 27.4 Å². The minimum atomic E-state index is -0.481. The Bertz CT molecular complexity index is 1460. The van der Waals surface area contributed by atoms with Crippen LogP contribution < -0.4 is 15.2 Å². The normalized spacial score (nSPS) is 14.8. The van der Waals surface area contributed by atoms with E-state index in [1.165, 1.54) is 0 Å². The van der Waals surface area contributed by atoms with Gasteiger partial charge in [0, 0.05) is 16.1 Å². The second-order valence-electron chi connectivity index (χ2n) is 7.59. The summed E-state index contributed by atoms with van der Waals surface area (Å²) >= 11 is 3.35. The zero-order valence-electron chi connectivity index (χ0n) is 17.3. The Morgan fingerprint density at radius 3 is 2.52 bits per heavy atom. The van der Waals surface area contributed by atoms with Gasteiger partial charge in [0.15, 0.2) is 0 Å². The van der Waals surface area contributed by atoms with Gasteiger partial charge in [-0.25, -0.2) is 4.79 Å². The standard InChI is InChI=1S/C27H17BrN2O3/c28-18-10-8-17(9-11-18)27(31)32-19-12-13-22-24(14-19)33-26(30)23(15-29)25(22)21-7-3-5-16-4-1-2-6-20(16)21/h1-14,25H,30H2. The van der Waals surface area contributed by atoms with Crippen molar-refractivity contribution in [3.8, 4) is 17.6 Å². The van der Waals surface area contributed by atoms with Crippen molar-refractivity contribution >= 4 is 32.7 Å². The van der Waals surface area contributed by atoms with Gasteiger partial charge in [-0.3, -0.25) is 0 Å². The third-order valence-corrected chi connectivity index (χ3v) is 6.14. The number of ether oxygens (including phenoxy) is 2. The maximum absolute atomic E-state index is 12.5. The third-order valence-electron chi connectivity index (χ3n) is 5.62. The van der Waals surface area contributed by atoms with Crippen molar-refractivity contribution < 1.29 is 14.3 Å². The van der Waals surface area contributed by atoms with Crippen molar-refractivity contribution in [1.29, 1.82) is 5.26 Å². The van der Waals surface area contributed by atoms with E-state index in [1.54, 1.807) is 36.4 Å². The Balaban J connectivity index is 1.56. The van der Waals surface area contributed by atoms with Gasteiger partial charge in [-0.05, 0) is 46.7 Å². The molecule has 160 valence electrons. The molecule has 4 aromatic rings. The number of carbonyl (C=O) groups is 1.